The van der Waals surface area contributed by atoms with Crippen molar-refractivity contribution in [3.8, 4) is 0 Å². The number of alkyl halides is 2. The third kappa shape index (κ3) is 4.35. The van der Waals surface area contributed by atoms with E-state index in [4.69, 9.17) is 0 Å². The number of aryl methyl sites for hydroxylation is 1. The lowest BCUT2D eigenvalue weighted by molar-refractivity contribution is -0.134. The van der Waals surface area contributed by atoms with Crippen LogP contribution in [0.5, 0.6) is 0 Å². The highest BCUT2D eigenvalue weighted by Gasteiger charge is 2.45. The maximum Gasteiger partial charge on any atom is 0.268 e. The number of hydrogen-bond donors (Lipinski definition) is 2. The lowest BCUT2D eigenvalue weighted by atomic mass is 9.81. The van der Waals surface area contributed by atoms with Gasteiger partial charge in [-0.15, -0.1) is 0 Å². The molecule has 2 amide bonds. The van der Waals surface area contributed by atoms with E-state index in [1.165, 1.54) is 0 Å². The van der Waals surface area contributed by atoms with Crippen LogP contribution < -0.4 is 15.5 Å². The molecular formula is C24H31F2N5O2. The lowest BCUT2D eigenvalue weighted by Gasteiger charge is -2.41. The molecule has 5 rings (SSSR count). The van der Waals surface area contributed by atoms with Crippen LogP contribution in [0.15, 0.2) is 18.2 Å². The molecule has 0 spiro atoms. The second kappa shape index (κ2) is 8.66. The molecule has 9 heteroatoms. The van der Waals surface area contributed by atoms with E-state index in [-0.39, 0.29) is 24.8 Å². The van der Waals surface area contributed by atoms with Crippen LogP contribution in [0.1, 0.15) is 50.1 Å². The molecule has 2 atom stereocenters. The van der Waals surface area contributed by atoms with E-state index in [2.05, 4.69) is 15.7 Å². The summed E-state index contributed by atoms with van der Waals surface area (Å²) in [4.78, 5) is 25.6. The van der Waals surface area contributed by atoms with Crippen molar-refractivity contribution in [1.29, 1.82) is 0 Å². The fraction of sp³-hybridized carbons (Fsp3) is 0.625. The molecule has 1 aromatic carbocycles. The van der Waals surface area contributed by atoms with Crippen molar-refractivity contribution in [2.75, 3.05) is 31.1 Å². The molecule has 0 aliphatic carbocycles. The first-order valence-corrected chi connectivity index (χ1v) is 12.0. The summed E-state index contributed by atoms with van der Waals surface area (Å²) in [6.07, 6.45) is 3.79. The van der Waals surface area contributed by atoms with Crippen molar-refractivity contribution < 1.29 is 18.4 Å². The zero-order valence-electron chi connectivity index (χ0n) is 18.9. The summed E-state index contributed by atoms with van der Waals surface area (Å²) < 4.78 is 31.9. The molecule has 4 heterocycles. The Hall–Kier alpha value is -2.55. The molecule has 0 saturated carbocycles. The predicted molar refractivity (Wildman–Crippen MR) is 121 cm³/mol. The van der Waals surface area contributed by atoms with E-state index in [1.54, 1.807) is 16.6 Å². The number of benzene rings is 1. The molecule has 1 aromatic heterocycles. The summed E-state index contributed by atoms with van der Waals surface area (Å²) in [5, 5.41) is 11.1. The summed E-state index contributed by atoms with van der Waals surface area (Å²) in [6, 6.07) is 5.61. The van der Waals surface area contributed by atoms with Crippen molar-refractivity contribution in [3.05, 3.63) is 23.9 Å². The molecule has 0 bridgehead atoms. The summed E-state index contributed by atoms with van der Waals surface area (Å²) in [7, 11) is 1.79. The fourth-order valence-corrected chi connectivity index (χ4v) is 5.70. The van der Waals surface area contributed by atoms with Gasteiger partial charge in [-0.25, -0.2) is 8.78 Å². The van der Waals surface area contributed by atoms with Crippen LogP contribution >= 0.6 is 0 Å². The summed E-state index contributed by atoms with van der Waals surface area (Å²) >= 11 is 0. The number of halogens is 2. The Kier molecular flexibility index (Phi) is 5.84. The van der Waals surface area contributed by atoms with Crippen molar-refractivity contribution >= 4 is 28.4 Å². The van der Waals surface area contributed by atoms with Gasteiger partial charge in [-0.05, 0) is 69.3 Å². The molecule has 1 unspecified atom stereocenters. The molecule has 7 nitrogen and oxygen atoms in total. The van der Waals surface area contributed by atoms with E-state index >= 15 is 8.78 Å². The van der Waals surface area contributed by atoms with Crippen molar-refractivity contribution in [2.24, 2.45) is 18.9 Å². The Morgan fingerprint density at radius 2 is 1.94 bits per heavy atom. The van der Waals surface area contributed by atoms with Crippen LogP contribution in [0.2, 0.25) is 0 Å². The standard InChI is InChI=1S/C24H31F2N5O2/c1-30-20-13-17(2-3-18(20)22(29-30)19-4-5-21(32)28-23(19)33)31-11-8-16(24(25,26)14-31)12-15-6-9-27-10-7-15/h2-3,13,15-16,19,27H,4-12,14H2,1H3,(H,28,32,33)/t16-,19?/m1/s1. The summed E-state index contributed by atoms with van der Waals surface area (Å²) in [6.45, 7) is 2.20. The van der Waals surface area contributed by atoms with Crippen molar-refractivity contribution in [1.82, 2.24) is 20.4 Å². The number of nitrogens with one attached hydrogen (secondary N) is 2. The van der Waals surface area contributed by atoms with E-state index in [9.17, 15) is 9.59 Å². The Balaban J connectivity index is 1.34. The average molecular weight is 460 g/mol. The number of rotatable bonds is 4. The highest BCUT2D eigenvalue weighted by molar-refractivity contribution is 6.02. The Labute approximate surface area is 191 Å². The Morgan fingerprint density at radius 3 is 2.67 bits per heavy atom. The highest BCUT2D eigenvalue weighted by Crippen LogP contribution is 2.41. The summed E-state index contributed by atoms with van der Waals surface area (Å²) in [5.41, 5.74) is 2.18. The quantitative estimate of drug-likeness (QED) is 0.688. The SMILES string of the molecule is Cn1nc(C2CCC(=O)NC2=O)c2ccc(N3CC[C@H](CC4CCNCC4)C(F)(F)C3)cc21. The lowest BCUT2D eigenvalue weighted by Crippen LogP contribution is -2.49. The minimum Gasteiger partial charge on any atom is -0.365 e. The molecule has 3 aliphatic rings. The normalized spacial score (nSPS) is 26.6. The zero-order chi connectivity index (χ0) is 23.2. The first kappa shape index (κ1) is 22.3. The van der Waals surface area contributed by atoms with Crippen LogP contribution in [0.25, 0.3) is 10.9 Å². The van der Waals surface area contributed by atoms with Gasteiger partial charge in [0.25, 0.3) is 5.92 Å². The number of anilines is 1. The second-order valence-electron chi connectivity index (χ2n) is 9.81. The number of nitrogens with zero attached hydrogens (tertiary/aromatic N) is 3. The van der Waals surface area contributed by atoms with E-state index in [0.717, 1.165) is 42.5 Å². The monoisotopic (exact) mass is 459 g/mol. The number of carbonyl (C=O) groups is 2. The largest absolute Gasteiger partial charge is 0.365 e. The van der Waals surface area contributed by atoms with Crippen molar-refractivity contribution in [3.63, 3.8) is 0 Å². The van der Waals surface area contributed by atoms with Gasteiger partial charge in [-0.2, -0.15) is 5.10 Å². The second-order valence-corrected chi connectivity index (χ2v) is 9.81. The molecular weight excluding hydrogens is 428 g/mol. The van der Waals surface area contributed by atoms with Crippen LogP contribution in [-0.2, 0) is 16.6 Å². The average Bonchev–Trinajstić information content (AvgIpc) is 3.11. The summed E-state index contributed by atoms with van der Waals surface area (Å²) in [5.74, 6) is -3.95. The molecule has 3 aliphatic heterocycles. The van der Waals surface area contributed by atoms with Crippen LogP contribution in [-0.4, -0.2) is 53.7 Å². The molecule has 3 fully saturated rings. The highest BCUT2D eigenvalue weighted by atomic mass is 19.3. The number of aromatic nitrogens is 2. The molecule has 0 radical (unpaired) electrons. The van der Waals surface area contributed by atoms with Gasteiger partial charge >= 0.3 is 0 Å². The van der Waals surface area contributed by atoms with Gasteiger partial charge in [0.2, 0.25) is 11.8 Å². The van der Waals surface area contributed by atoms with Gasteiger partial charge in [-0.3, -0.25) is 19.6 Å². The smallest absolute Gasteiger partial charge is 0.268 e. The molecule has 2 aromatic rings. The van der Waals surface area contributed by atoms with Crippen LogP contribution in [0.4, 0.5) is 14.5 Å². The van der Waals surface area contributed by atoms with Crippen LogP contribution in [0.3, 0.4) is 0 Å². The number of piperidine rings is 3. The van der Waals surface area contributed by atoms with Gasteiger partial charge in [0, 0.05) is 37.0 Å². The fourth-order valence-electron chi connectivity index (χ4n) is 5.70. The third-order valence-corrected chi connectivity index (χ3v) is 7.62. The maximum absolute atomic E-state index is 15.1. The molecule has 2 N–H and O–H groups in total. The van der Waals surface area contributed by atoms with Gasteiger partial charge < -0.3 is 10.2 Å². The zero-order valence-corrected chi connectivity index (χ0v) is 18.9. The number of hydrogen-bond acceptors (Lipinski definition) is 5. The first-order valence-electron chi connectivity index (χ1n) is 12.0. The number of fused-ring (bicyclic) bond motifs is 1. The maximum atomic E-state index is 15.1. The Bertz CT molecular complexity index is 1060. The molecule has 178 valence electrons. The van der Waals surface area contributed by atoms with E-state index in [0.29, 0.717) is 37.4 Å². The first-order chi connectivity index (χ1) is 15.8. The van der Waals surface area contributed by atoms with E-state index in [1.807, 2.05) is 18.2 Å². The topological polar surface area (TPSA) is 79.3 Å². The van der Waals surface area contributed by atoms with Gasteiger partial charge in [0.15, 0.2) is 0 Å². The third-order valence-electron chi connectivity index (χ3n) is 7.62. The predicted octanol–water partition coefficient (Wildman–Crippen LogP) is 2.94. The van der Waals surface area contributed by atoms with Crippen LogP contribution in [0, 0.1) is 11.8 Å². The Morgan fingerprint density at radius 1 is 1.15 bits per heavy atom. The number of carbonyl (C=O) groups excluding carboxylic acids is 2. The van der Waals surface area contributed by atoms with E-state index < -0.39 is 17.8 Å². The molecule has 33 heavy (non-hydrogen) atoms. The molecule has 3 saturated heterocycles. The minimum atomic E-state index is -2.72. The van der Waals surface area contributed by atoms with Crippen molar-refractivity contribution in [2.45, 2.75) is 50.4 Å². The van der Waals surface area contributed by atoms with Gasteiger partial charge in [0.1, 0.15) is 0 Å². The number of amides is 2. The van der Waals surface area contributed by atoms with Gasteiger partial charge in [-0.1, -0.05) is 0 Å². The minimum absolute atomic E-state index is 0.261. The van der Waals surface area contributed by atoms with Gasteiger partial charge in [0.05, 0.1) is 23.7 Å². The number of imide groups is 1.